The molecule has 4 rings (SSSR count). The number of carbonyl (C=O) groups excluding carboxylic acids is 3. The lowest BCUT2D eigenvalue weighted by Crippen LogP contribution is -2.32. The van der Waals surface area contributed by atoms with Gasteiger partial charge in [-0.1, -0.05) is 52.5 Å². The largest absolute Gasteiger partial charge is 0.350 e. The molecule has 3 amide bonds. The van der Waals surface area contributed by atoms with Gasteiger partial charge >= 0.3 is 0 Å². The molecular formula is C24H15Cl4N3O3. The van der Waals surface area contributed by atoms with Crippen LogP contribution in [-0.4, -0.2) is 17.7 Å². The van der Waals surface area contributed by atoms with E-state index in [1.807, 2.05) is 0 Å². The molecule has 0 spiro atoms. The molecule has 0 aliphatic carbocycles. The Morgan fingerprint density at radius 1 is 0.853 bits per heavy atom. The Bertz CT molecular complexity index is 1370. The van der Waals surface area contributed by atoms with Gasteiger partial charge in [-0.05, 0) is 67.1 Å². The van der Waals surface area contributed by atoms with E-state index in [0.29, 0.717) is 43.3 Å². The molecule has 0 atom stereocenters. The number of rotatable bonds is 5. The molecular weight excluding hydrogens is 520 g/mol. The van der Waals surface area contributed by atoms with E-state index in [9.17, 15) is 14.4 Å². The van der Waals surface area contributed by atoms with Crippen LogP contribution in [0.2, 0.25) is 15.1 Å². The number of carbonyl (C=O) groups is 3. The highest BCUT2D eigenvalue weighted by Crippen LogP contribution is 2.34. The van der Waals surface area contributed by atoms with Gasteiger partial charge < -0.3 is 10.6 Å². The van der Waals surface area contributed by atoms with Crippen LogP contribution >= 0.6 is 46.4 Å². The van der Waals surface area contributed by atoms with Crippen LogP contribution in [0.5, 0.6) is 0 Å². The third kappa shape index (κ3) is 4.63. The lowest BCUT2D eigenvalue weighted by Gasteiger charge is -2.18. The molecule has 6 nitrogen and oxygen atoms in total. The zero-order valence-electron chi connectivity index (χ0n) is 17.5. The molecule has 0 saturated carbocycles. The number of hydrogen-bond donors (Lipinski definition) is 2. The lowest BCUT2D eigenvalue weighted by molar-refractivity contribution is -0.120. The van der Waals surface area contributed by atoms with Crippen molar-refractivity contribution >= 4 is 81.2 Å². The Morgan fingerprint density at radius 2 is 1.56 bits per heavy atom. The summed E-state index contributed by atoms with van der Waals surface area (Å²) in [5.41, 5.74) is 2.08. The van der Waals surface area contributed by atoms with Gasteiger partial charge in [0.25, 0.3) is 17.7 Å². The van der Waals surface area contributed by atoms with Gasteiger partial charge in [0.05, 0.1) is 16.4 Å². The number of amides is 3. The van der Waals surface area contributed by atoms with Crippen molar-refractivity contribution in [1.29, 1.82) is 0 Å². The van der Waals surface area contributed by atoms with Gasteiger partial charge in [-0.15, -0.1) is 0 Å². The highest BCUT2D eigenvalue weighted by atomic mass is 35.5. The summed E-state index contributed by atoms with van der Waals surface area (Å²) in [7, 11) is 0. The minimum Gasteiger partial charge on any atom is -0.350 e. The first-order valence-electron chi connectivity index (χ1n) is 9.84. The maximum Gasteiger partial charge on any atom is 0.283 e. The molecule has 1 aliphatic heterocycles. The van der Waals surface area contributed by atoms with Gasteiger partial charge in [-0.3, -0.25) is 14.4 Å². The molecule has 0 bridgehead atoms. The number of anilines is 3. The number of nitrogens with zero attached hydrogens (tertiary/aromatic N) is 1. The van der Waals surface area contributed by atoms with E-state index >= 15 is 0 Å². The van der Waals surface area contributed by atoms with Crippen LogP contribution in [0, 0.1) is 6.92 Å². The Hall–Kier alpha value is -3.03. The van der Waals surface area contributed by atoms with Gasteiger partial charge in [-0.2, -0.15) is 0 Å². The van der Waals surface area contributed by atoms with E-state index in [-0.39, 0.29) is 16.6 Å². The summed E-state index contributed by atoms with van der Waals surface area (Å²) in [5.74, 6) is -1.65. The summed E-state index contributed by atoms with van der Waals surface area (Å²) in [5, 5.41) is 6.51. The van der Waals surface area contributed by atoms with E-state index in [1.54, 1.807) is 61.5 Å². The van der Waals surface area contributed by atoms with Crippen molar-refractivity contribution in [3.63, 3.8) is 0 Å². The van der Waals surface area contributed by atoms with E-state index in [0.717, 1.165) is 4.90 Å². The fraction of sp³-hybridized carbons (Fsp3) is 0.0417. The van der Waals surface area contributed by atoms with Gasteiger partial charge in [0.2, 0.25) is 0 Å². The van der Waals surface area contributed by atoms with Crippen molar-refractivity contribution in [3.05, 3.63) is 97.6 Å². The Balaban J connectivity index is 1.50. The second-order valence-corrected chi connectivity index (χ2v) is 8.93. The average molecular weight is 535 g/mol. The second-order valence-electron chi connectivity index (χ2n) is 7.30. The predicted molar refractivity (Wildman–Crippen MR) is 136 cm³/mol. The highest BCUT2D eigenvalue weighted by molar-refractivity contribution is 6.53. The topological polar surface area (TPSA) is 78.5 Å². The van der Waals surface area contributed by atoms with Gasteiger partial charge in [0, 0.05) is 21.3 Å². The summed E-state index contributed by atoms with van der Waals surface area (Å²) < 4.78 is 0. The first-order valence-corrected chi connectivity index (χ1v) is 11.4. The monoisotopic (exact) mass is 533 g/mol. The van der Waals surface area contributed by atoms with Crippen LogP contribution in [0.4, 0.5) is 17.1 Å². The van der Waals surface area contributed by atoms with E-state index in [2.05, 4.69) is 10.6 Å². The maximum absolute atomic E-state index is 13.0. The molecule has 10 heteroatoms. The molecule has 3 aromatic rings. The molecule has 2 N–H and O–H groups in total. The molecule has 1 aliphatic rings. The maximum atomic E-state index is 13.0. The lowest BCUT2D eigenvalue weighted by atomic mass is 10.1. The summed E-state index contributed by atoms with van der Waals surface area (Å²) >= 11 is 24.3. The summed E-state index contributed by atoms with van der Waals surface area (Å²) in [6.45, 7) is 1.71. The van der Waals surface area contributed by atoms with Crippen molar-refractivity contribution in [1.82, 2.24) is 0 Å². The van der Waals surface area contributed by atoms with Crippen molar-refractivity contribution in [2.75, 3.05) is 15.5 Å². The van der Waals surface area contributed by atoms with E-state index in [4.69, 9.17) is 46.4 Å². The Labute approximate surface area is 215 Å². The van der Waals surface area contributed by atoms with Crippen LogP contribution in [0.15, 0.2) is 71.4 Å². The molecule has 34 heavy (non-hydrogen) atoms. The van der Waals surface area contributed by atoms with Crippen LogP contribution in [0.3, 0.4) is 0 Å². The zero-order chi connectivity index (χ0) is 24.6. The fourth-order valence-electron chi connectivity index (χ4n) is 3.30. The summed E-state index contributed by atoms with van der Waals surface area (Å²) in [4.78, 5) is 39.2. The quantitative estimate of drug-likeness (QED) is 0.359. The van der Waals surface area contributed by atoms with Crippen molar-refractivity contribution in [3.8, 4) is 0 Å². The summed E-state index contributed by atoms with van der Waals surface area (Å²) in [6, 6.07) is 15.9. The fourth-order valence-corrected chi connectivity index (χ4v) is 4.14. The molecule has 3 aromatic carbocycles. The van der Waals surface area contributed by atoms with Crippen molar-refractivity contribution in [2.24, 2.45) is 0 Å². The van der Waals surface area contributed by atoms with E-state index < -0.39 is 11.8 Å². The van der Waals surface area contributed by atoms with Gasteiger partial charge in [-0.25, -0.2) is 4.90 Å². The minimum atomic E-state index is -0.657. The summed E-state index contributed by atoms with van der Waals surface area (Å²) in [6.07, 6.45) is 0. The molecule has 0 saturated heterocycles. The Morgan fingerprint density at radius 3 is 2.24 bits per heavy atom. The number of nitrogens with one attached hydrogen (secondary N) is 2. The first-order chi connectivity index (χ1) is 16.2. The smallest absolute Gasteiger partial charge is 0.283 e. The van der Waals surface area contributed by atoms with Crippen LogP contribution in [0.25, 0.3) is 0 Å². The molecule has 172 valence electrons. The van der Waals surface area contributed by atoms with Gasteiger partial charge in [0.1, 0.15) is 10.7 Å². The molecule has 1 heterocycles. The Kier molecular flexibility index (Phi) is 6.86. The molecule has 0 aromatic heterocycles. The first kappa shape index (κ1) is 24.1. The standard InChI is InChI=1S/C24H15Cl4N3O3/c1-12-16(26)3-2-4-19(12)31-23(33)20(28)21(24(31)34)29-15-8-5-13(6-9-15)22(32)30-18-10-7-14(25)11-17(18)27/h2-11,29H,1H3,(H,30,32). The third-order valence-corrected chi connectivity index (χ3v) is 6.41. The SMILES string of the molecule is Cc1c(Cl)cccc1N1C(=O)C(Cl)=C(Nc2ccc(C(=O)Nc3ccc(Cl)cc3Cl)cc2)C1=O. The molecule has 0 radical (unpaired) electrons. The third-order valence-electron chi connectivity index (χ3n) is 5.10. The average Bonchev–Trinajstić information content (AvgIpc) is 3.01. The number of benzene rings is 3. The van der Waals surface area contributed by atoms with Crippen LogP contribution < -0.4 is 15.5 Å². The normalized spacial score (nSPS) is 13.5. The minimum absolute atomic E-state index is 0.0730. The van der Waals surface area contributed by atoms with Crippen LogP contribution in [0.1, 0.15) is 15.9 Å². The number of hydrogen-bond acceptors (Lipinski definition) is 4. The molecule has 0 fully saturated rings. The molecule has 0 unspecified atom stereocenters. The second kappa shape index (κ2) is 9.68. The number of halogens is 4. The van der Waals surface area contributed by atoms with E-state index in [1.165, 1.54) is 6.07 Å². The predicted octanol–water partition coefficient (Wildman–Crippen LogP) is 6.64. The highest BCUT2D eigenvalue weighted by Gasteiger charge is 2.39. The number of imide groups is 1. The van der Waals surface area contributed by atoms with Gasteiger partial charge in [0.15, 0.2) is 0 Å². The zero-order valence-corrected chi connectivity index (χ0v) is 20.5. The van der Waals surface area contributed by atoms with Crippen LogP contribution in [-0.2, 0) is 9.59 Å². The van der Waals surface area contributed by atoms with Crippen molar-refractivity contribution in [2.45, 2.75) is 6.92 Å². The van der Waals surface area contributed by atoms with Crippen molar-refractivity contribution < 1.29 is 14.4 Å².